The Hall–Kier alpha value is -2.39. The molecule has 0 saturated carbocycles. The minimum absolute atomic E-state index is 0.0414. The highest BCUT2D eigenvalue weighted by atomic mass is 19.4. The number of alkyl halides is 3. The molecule has 160 valence electrons. The molecule has 0 bridgehead atoms. The van der Waals surface area contributed by atoms with Gasteiger partial charge in [0.05, 0.1) is 16.8 Å². The van der Waals surface area contributed by atoms with Crippen molar-refractivity contribution in [2.45, 2.75) is 51.6 Å². The number of amides is 1. The Bertz CT molecular complexity index is 944. The second-order valence-electron chi connectivity index (χ2n) is 8.21. The van der Waals surface area contributed by atoms with E-state index in [1.54, 1.807) is 0 Å². The Morgan fingerprint density at radius 1 is 1.03 bits per heavy atom. The first-order chi connectivity index (χ1) is 13.8. The van der Waals surface area contributed by atoms with Crippen molar-refractivity contribution in [1.82, 2.24) is 5.32 Å². The highest BCUT2D eigenvalue weighted by Gasteiger charge is 2.52. The number of carbonyl (C=O) groups is 1. The second-order valence-corrected chi connectivity index (χ2v) is 8.21. The first-order valence-electron chi connectivity index (χ1n) is 9.39. The maximum Gasteiger partial charge on any atom is 0.497 e. The van der Waals surface area contributed by atoms with Crippen molar-refractivity contribution >= 4 is 18.5 Å². The van der Waals surface area contributed by atoms with E-state index in [4.69, 9.17) is 9.31 Å². The zero-order valence-electron chi connectivity index (χ0n) is 17.1. The van der Waals surface area contributed by atoms with Gasteiger partial charge in [-0.3, -0.25) is 4.79 Å². The van der Waals surface area contributed by atoms with Crippen LogP contribution < -0.4 is 10.8 Å². The van der Waals surface area contributed by atoms with Crippen molar-refractivity contribution in [1.29, 1.82) is 0 Å². The molecule has 0 unspecified atom stereocenters. The average molecular weight is 423 g/mol. The van der Waals surface area contributed by atoms with Gasteiger partial charge in [-0.25, -0.2) is 4.39 Å². The molecule has 0 aliphatic carbocycles. The van der Waals surface area contributed by atoms with Gasteiger partial charge in [0.15, 0.2) is 0 Å². The molecule has 2 aromatic rings. The summed E-state index contributed by atoms with van der Waals surface area (Å²) in [5.41, 5.74) is -1.57. The maximum atomic E-state index is 14.6. The third-order valence-electron chi connectivity index (χ3n) is 5.48. The molecular weight excluding hydrogens is 401 g/mol. The predicted octanol–water partition coefficient (Wildman–Crippen LogP) is 4.07. The molecule has 2 aromatic carbocycles. The molecule has 1 fully saturated rings. The van der Waals surface area contributed by atoms with E-state index in [2.05, 4.69) is 5.32 Å². The Labute approximate surface area is 172 Å². The van der Waals surface area contributed by atoms with Gasteiger partial charge in [0.2, 0.25) is 0 Å². The summed E-state index contributed by atoms with van der Waals surface area (Å²) in [7, 11) is -0.905. The second kappa shape index (κ2) is 7.70. The van der Waals surface area contributed by atoms with Crippen molar-refractivity contribution in [3.63, 3.8) is 0 Å². The summed E-state index contributed by atoms with van der Waals surface area (Å²) >= 11 is 0. The molecule has 4 nitrogen and oxygen atoms in total. The SMILES string of the molecule is CC1(C)OB(c2ccc(C(=O)NCc3cccc(C(F)(F)F)c3)cc2F)OC1(C)C. The number of halogens is 4. The van der Waals surface area contributed by atoms with E-state index < -0.39 is 41.8 Å². The molecule has 1 aliphatic heterocycles. The highest BCUT2D eigenvalue weighted by molar-refractivity contribution is 6.62. The zero-order chi connectivity index (χ0) is 22.3. The Morgan fingerprint density at radius 2 is 1.67 bits per heavy atom. The fourth-order valence-electron chi connectivity index (χ4n) is 2.97. The van der Waals surface area contributed by atoms with Crippen LogP contribution in [-0.4, -0.2) is 24.2 Å². The molecule has 0 atom stereocenters. The van der Waals surface area contributed by atoms with Crippen LogP contribution in [0, 0.1) is 5.82 Å². The Kier molecular flexibility index (Phi) is 5.73. The van der Waals surface area contributed by atoms with Crippen LogP contribution in [0.2, 0.25) is 0 Å². The highest BCUT2D eigenvalue weighted by Crippen LogP contribution is 2.36. The first kappa shape index (κ1) is 22.3. The minimum Gasteiger partial charge on any atom is -0.399 e. The summed E-state index contributed by atoms with van der Waals surface area (Å²) in [5.74, 6) is -1.27. The van der Waals surface area contributed by atoms with Crippen LogP contribution in [0.5, 0.6) is 0 Å². The smallest absolute Gasteiger partial charge is 0.399 e. The zero-order valence-corrected chi connectivity index (χ0v) is 17.1. The molecular formula is C21H22BF4NO3. The van der Waals surface area contributed by atoms with E-state index in [9.17, 15) is 22.4 Å². The van der Waals surface area contributed by atoms with Crippen LogP contribution in [0.25, 0.3) is 0 Å². The lowest BCUT2D eigenvalue weighted by atomic mass is 9.78. The van der Waals surface area contributed by atoms with Crippen molar-refractivity contribution in [3.05, 3.63) is 65.0 Å². The van der Waals surface area contributed by atoms with Crippen LogP contribution in [0.4, 0.5) is 17.6 Å². The maximum absolute atomic E-state index is 14.6. The summed E-state index contributed by atoms with van der Waals surface area (Å²) < 4.78 is 64.7. The van der Waals surface area contributed by atoms with Crippen LogP contribution in [0.3, 0.4) is 0 Å². The molecule has 1 saturated heterocycles. The van der Waals surface area contributed by atoms with E-state index >= 15 is 0 Å². The van der Waals surface area contributed by atoms with Gasteiger partial charge in [-0.15, -0.1) is 0 Å². The monoisotopic (exact) mass is 423 g/mol. The van der Waals surface area contributed by atoms with Gasteiger partial charge in [-0.1, -0.05) is 18.2 Å². The third kappa shape index (κ3) is 4.52. The predicted molar refractivity (Wildman–Crippen MR) is 105 cm³/mol. The van der Waals surface area contributed by atoms with Gasteiger partial charge >= 0.3 is 13.3 Å². The van der Waals surface area contributed by atoms with E-state index in [0.717, 1.165) is 18.2 Å². The lowest BCUT2D eigenvalue weighted by molar-refractivity contribution is -0.137. The lowest BCUT2D eigenvalue weighted by Gasteiger charge is -2.32. The molecule has 0 aromatic heterocycles. The minimum atomic E-state index is -4.47. The third-order valence-corrected chi connectivity index (χ3v) is 5.48. The number of carbonyl (C=O) groups excluding carboxylic acids is 1. The molecule has 30 heavy (non-hydrogen) atoms. The fraction of sp³-hybridized carbons (Fsp3) is 0.381. The number of hydrogen-bond acceptors (Lipinski definition) is 3. The lowest BCUT2D eigenvalue weighted by Crippen LogP contribution is -2.41. The molecule has 1 N–H and O–H groups in total. The summed E-state index contributed by atoms with van der Waals surface area (Å²) in [6.07, 6.45) is -4.47. The van der Waals surface area contributed by atoms with E-state index in [1.165, 1.54) is 24.3 Å². The van der Waals surface area contributed by atoms with Crippen LogP contribution >= 0.6 is 0 Å². The summed E-state index contributed by atoms with van der Waals surface area (Å²) in [6, 6.07) is 8.54. The van der Waals surface area contributed by atoms with Gasteiger partial charge in [-0.05, 0) is 57.5 Å². The molecule has 1 aliphatic rings. The van der Waals surface area contributed by atoms with Crippen molar-refractivity contribution in [3.8, 4) is 0 Å². The molecule has 3 rings (SSSR count). The molecule has 1 amide bonds. The number of benzene rings is 2. The van der Waals surface area contributed by atoms with Gasteiger partial charge in [0.1, 0.15) is 5.82 Å². The molecule has 1 heterocycles. The summed E-state index contributed by atoms with van der Waals surface area (Å²) in [4.78, 5) is 12.3. The largest absolute Gasteiger partial charge is 0.497 e. The normalized spacial score (nSPS) is 17.8. The van der Waals surface area contributed by atoms with E-state index in [1.807, 2.05) is 27.7 Å². The van der Waals surface area contributed by atoms with Crippen LogP contribution in [0.1, 0.15) is 49.2 Å². The van der Waals surface area contributed by atoms with E-state index in [-0.39, 0.29) is 23.1 Å². The number of rotatable bonds is 4. The fourth-order valence-corrected chi connectivity index (χ4v) is 2.97. The average Bonchev–Trinajstić information content (AvgIpc) is 2.86. The quantitative estimate of drug-likeness (QED) is 0.596. The van der Waals surface area contributed by atoms with Crippen LogP contribution in [-0.2, 0) is 22.0 Å². The van der Waals surface area contributed by atoms with Gasteiger partial charge in [0, 0.05) is 17.6 Å². The molecule has 9 heteroatoms. The van der Waals surface area contributed by atoms with E-state index in [0.29, 0.717) is 0 Å². The topological polar surface area (TPSA) is 47.6 Å². The first-order valence-corrected chi connectivity index (χ1v) is 9.39. The summed E-state index contributed by atoms with van der Waals surface area (Å²) in [6.45, 7) is 7.27. The number of nitrogens with one attached hydrogen (secondary N) is 1. The summed E-state index contributed by atoms with van der Waals surface area (Å²) in [5, 5.41) is 2.50. The Balaban J connectivity index is 1.69. The van der Waals surface area contributed by atoms with Gasteiger partial charge in [-0.2, -0.15) is 13.2 Å². The number of hydrogen-bond donors (Lipinski definition) is 1. The van der Waals surface area contributed by atoms with Gasteiger partial charge < -0.3 is 14.6 Å². The van der Waals surface area contributed by atoms with Crippen molar-refractivity contribution in [2.75, 3.05) is 0 Å². The van der Waals surface area contributed by atoms with Gasteiger partial charge in [0.25, 0.3) is 5.91 Å². The van der Waals surface area contributed by atoms with Crippen molar-refractivity contribution in [2.24, 2.45) is 0 Å². The molecule has 0 spiro atoms. The van der Waals surface area contributed by atoms with Crippen LogP contribution in [0.15, 0.2) is 42.5 Å². The van der Waals surface area contributed by atoms with Crippen molar-refractivity contribution < 1.29 is 31.7 Å². The Morgan fingerprint density at radius 3 is 2.23 bits per heavy atom. The standard InChI is InChI=1S/C21H22BF4NO3/c1-19(2)20(3,4)30-22(29-19)16-9-8-14(11-17(16)23)18(28)27-12-13-6-5-7-15(10-13)21(24,25)26/h5-11H,12H2,1-4H3,(H,27,28). The molecule has 0 radical (unpaired) electrons.